The van der Waals surface area contributed by atoms with Crippen LogP contribution in [0.1, 0.15) is 44.8 Å². The van der Waals surface area contributed by atoms with Gasteiger partial charge in [0.25, 0.3) is 11.8 Å². The quantitative estimate of drug-likeness (QED) is 0.144. The number of benzene rings is 2. The number of thioether (sulfide) groups is 1. The lowest BCUT2D eigenvalue weighted by atomic mass is 10.0. The molecule has 0 radical (unpaired) electrons. The number of carbonyl (C=O) groups is 2. The Bertz CT molecular complexity index is 1840. The Labute approximate surface area is 261 Å². The molecule has 1 atom stereocenters. The predicted octanol–water partition coefficient (Wildman–Crippen LogP) is 6.48. The minimum absolute atomic E-state index is 0.0455. The number of carbonyl (C=O) groups excluding carboxylic acids is 2. The zero-order valence-corrected chi connectivity index (χ0v) is 24.7. The lowest BCUT2D eigenvalue weighted by molar-refractivity contribution is -0.137. The monoisotopic (exact) mass is 654 g/mol. The first-order valence-corrected chi connectivity index (χ1v) is 15.3. The molecule has 3 aromatic heterocycles. The lowest BCUT2D eigenvalue weighted by Crippen LogP contribution is -2.28. The van der Waals surface area contributed by atoms with Crippen molar-refractivity contribution in [2.45, 2.75) is 30.3 Å². The van der Waals surface area contributed by atoms with E-state index in [4.69, 9.17) is 4.42 Å². The topological polar surface area (TPSA) is 106 Å². The summed E-state index contributed by atoms with van der Waals surface area (Å²) in [5.41, 5.74) is 0.613. The molecule has 1 aliphatic rings. The highest BCUT2D eigenvalue weighted by atomic mass is 32.2. The summed E-state index contributed by atoms with van der Waals surface area (Å²) in [5.74, 6) is -1.36. The molecule has 0 unspecified atom stereocenters. The number of halogens is 4. The van der Waals surface area contributed by atoms with Crippen molar-refractivity contribution in [2.75, 3.05) is 5.75 Å². The van der Waals surface area contributed by atoms with E-state index in [1.807, 2.05) is 17.5 Å². The third kappa shape index (κ3) is 6.68. The predicted molar refractivity (Wildman–Crippen MR) is 158 cm³/mol. The van der Waals surface area contributed by atoms with Gasteiger partial charge in [-0.1, -0.05) is 36.0 Å². The van der Waals surface area contributed by atoms with Gasteiger partial charge in [0.15, 0.2) is 16.7 Å². The second kappa shape index (κ2) is 12.7. The summed E-state index contributed by atoms with van der Waals surface area (Å²) in [6, 6.07) is 16.7. The first-order valence-electron chi connectivity index (χ1n) is 13.4. The Morgan fingerprint density at radius 3 is 2.58 bits per heavy atom. The number of amides is 2. The zero-order chi connectivity index (χ0) is 31.6. The van der Waals surface area contributed by atoms with Gasteiger partial charge in [0.1, 0.15) is 5.82 Å². The number of thiophene rings is 1. The molecule has 2 aromatic carbocycles. The Hall–Kier alpha value is -4.76. The van der Waals surface area contributed by atoms with Crippen molar-refractivity contribution in [1.82, 2.24) is 25.1 Å². The first kappa shape index (κ1) is 30.3. The number of nitrogens with zero attached hydrogens (tertiary/aromatic N) is 5. The third-order valence-electron chi connectivity index (χ3n) is 6.84. The average Bonchev–Trinajstić information content (AvgIpc) is 3.85. The summed E-state index contributed by atoms with van der Waals surface area (Å²) in [6.45, 7) is -0.190. The molecular weight excluding hydrogens is 632 g/mol. The molecule has 0 aliphatic carbocycles. The number of rotatable bonds is 9. The van der Waals surface area contributed by atoms with E-state index in [1.54, 1.807) is 18.2 Å². The smallest absolute Gasteiger partial charge is 0.416 e. The Balaban J connectivity index is 1.27. The first-order chi connectivity index (χ1) is 21.7. The molecule has 9 nitrogen and oxygen atoms in total. The molecule has 2 amide bonds. The molecule has 1 N–H and O–H groups in total. The normalized spacial score (nSPS) is 14.9. The fraction of sp³-hybridized carbons (Fsp3) is 0.167. The Morgan fingerprint density at radius 1 is 1.04 bits per heavy atom. The average molecular weight is 655 g/mol. The molecule has 1 aliphatic heterocycles. The summed E-state index contributed by atoms with van der Waals surface area (Å²) < 4.78 is 60.9. The van der Waals surface area contributed by atoms with Crippen LogP contribution in [0.4, 0.5) is 17.6 Å². The van der Waals surface area contributed by atoms with Crippen LogP contribution in [0.5, 0.6) is 0 Å². The van der Waals surface area contributed by atoms with E-state index in [-0.39, 0.29) is 34.7 Å². The van der Waals surface area contributed by atoms with Crippen LogP contribution in [0.25, 0.3) is 5.69 Å². The van der Waals surface area contributed by atoms with Gasteiger partial charge in [0, 0.05) is 6.42 Å². The summed E-state index contributed by atoms with van der Waals surface area (Å²) in [7, 11) is 0. The summed E-state index contributed by atoms with van der Waals surface area (Å²) in [5, 5.41) is 18.9. The highest BCUT2D eigenvalue weighted by molar-refractivity contribution is 7.99. The molecule has 0 saturated heterocycles. The fourth-order valence-electron chi connectivity index (χ4n) is 4.71. The Morgan fingerprint density at radius 2 is 1.87 bits per heavy atom. The van der Waals surface area contributed by atoms with Gasteiger partial charge in [0.2, 0.25) is 0 Å². The van der Waals surface area contributed by atoms with Crippen molar-refractivity contribution in [3.8, 4) is 5.69 Å². The molecule has 0 saturated carbocycles. The minimum Gasteiger partial charge on any atom is -0.459 e. The van der Waals surface area contributed by atoms with Crippen LogP contribution in [0.3, 0.4) is 0 Å². The van der Waals surface area contributed by atoms with E-state index < -0.39 is 35.4 Å². The van der Waals surface area contributed by atoms with Crippen LogP contribution in [0.15, 0.2) is 99.1 Å². The van der Waals surface area contributed by atoms with E-state index in [0.717, 1.165) is 28.8 Å². The molecule has 15 heteroatoms. The van der Waals surface area contributed by atoms with Crippen molar-refractivity contribution in [3.63, 3.8) is 0 Å². The van der Waals surface area contributed by atoms with Crippen molar-refractivity contribution in [2.24, 2.45) is 5.10 Å². The number of nitrogens with one attached hydrogen (secondary N) is 1. The number of aromatic nitrogens is 3. The van der Waals surface area contributed by atoms with Gasteiger partial charge in [-0.15, -0.1) is 21.5 Å². The van der Waals surface area contributed by atoms with Crippen LogP contribution in [0, 0.1) is 5.82 Å². The van der Waals surface area contributed by atoms with Crippen molar-refractivity contribution in [1.29, 1.82) is 0 Å². The molecule has 4 heterocycles. The van der Waals surface area contributed by atoms with E-state index in [1.165, 1.54) is 57.5 Å². The lowest BCUT2D eigenvalue weighted by Gasteiger charge is -2.22. The molecule has 230 valence electrons. The Kier molecular flexibility index (Phi) is 8.54. The number of hydrogen-bond donors (Lipinski definition) is 1. The van der Waals surface area contributed by atoms with E-state index in [9.17, 15) is 27.2 Å². The highest BCUT2D eigenvalue weighted by Gasteiger charge is 2.34. The standard InChI is InChI=1S/C30H22F4N6O3S2/c31-20-10-8-18(9-11-20)23-15-22(25-7-3-13-44-25)38-40(23)27(41)17-45-29-37-36-26(16-35-28(42)24-6-2-12-43-24)39(29)21-5-1-4-19(14-21)30(32,33)34/h1-14,23H,15-17H2,(H,35,42)/t23-/m0/s1. The second-order valence-electron chi connectivity index (χ2n) is 9.76. The maximum atomic E-state index is 13.7. The second-order valence-corrected chi connectivity index (χ2v) is 11.7. The van der Waals surface area contributed by atoms with Crippen LogP contribution < -0.4 is 5.32 Å². The number of alkyl halides is 3. The molecule has 45 heavy (non-hydrogen) atoms. The number of hydrazone groups is 1. The van der Waals surface area contributed by atoms with E-state index >= 15 is 0 Å². The molecule has 0 bridgehead atoms. The largest absolute Gasteiger partial charge is 0.459 e. The van der Waals surface area contributed by atoms with Gasteiger partial charge < -0.3 is 9.73 Å². The van der Waals surface area contributed by atoms with E-state index in [2.05, 4.69) is 20.6 Å². The highest BCUT2D eigenvalue weighted by Crippen LogP contribution is 2.35. The number of furan rings is 1. The third-order valence-corrected chi connectivity index (χ3v) is 8.67. The van der Waals surface area contributed by atoms with Crippen molar-refractivity contribution < 1.29 is 31.6 Å². The van der Waals surface area contributed by atoms with Crippen LogP contribution >= 0.6 is 23.1 Å². The fourth-order valence-corrected chi connectivity index (χ4v) is 6.26. The van der Waals surface area contributed by atoms with E-state index in [0.29, 0.717) is 17.7 Å². The van der Waals surface area contributed by atoms with Crippen LogP contribution in [0.2, 0.25) is 0 Å². The molecule has 5 aromatic rings. The molecule has 0 fully saturated rings. The van der Waals surface area contributed by atoms with Crippen LogP contribution in [-0.4, -0.2) is 43.1 Å². The molecular formula is C30H22F4N6O3S2. The van der Waals surface area contributed by atoms with Gasteiger partial charge in [-0.2, -0.15) is 18.3 Å². The zero-order valence-electron chi connectivity index (χ0n) is 23.1. The minimum atomic E-state index is -4.61. The maximum Gasteiger partial charge on any atom is 0.416 e. The van der Waals surface area contributed by atoms with Gasteiger partial charge in [0.05, 0.1) is 46.4 Å². The molecule has 0 spiro atoms. The molecule has 6 rings (SSSR count). The van der Waals surface area contributed by atoms with Gasteiger partial charge >= 0.3 is 6.18 Å². The number of hydrogen-bond acceptors (Lipinski definition) is 8. The van der Waals surface area contributed by atoms with Crippen LogP contribution in [-0.2, 0) is 17.5 Å². The summed E-state index contributed by atoms with van der Waals surface area (Å²) >= 11 is 2.44. The van der Waals surface area contributed by atoms with Gasteiger partial charge in [-0.3, -0.25) is 14.2 Å². The van der Waals surface area contributed by atoms with Crippen molar-refractivity contribution >= 4 is 40.6 Å². The SMILES string of the molecule is O=C(NCc1nnc(SCC(=O)N2N=C(c3cccs3)C[C@H]2c2ccc(F)cc2)n1-c1cccc(C(F)(F)F)c1)c1ccco1. The summed E-state index contributed by atoms with van der Waals surface area (Å²) in [6.07, 6.45) is -2.85. The summed E-state index contributed by atoms with van der Waals surface area (Å²) in [4.78, 5) is 27.0. The maximum absolute atomic E-state index is 13.7. The van der Waals surface area contributed by atoms with Gasteiger partial charge in [-0.05, 0) is 59.5 Å². The van der Waals surface area contributed by atoms with Gasteiger partial charge in [-0.25, -0.2) is 9.40 Å². The van der Waals surface area contributed by atoms with Crippen molar-refractivity contribution in [3.05, 3.63) is 118 Å².